The summed E-state index contributed by atoms with van der Waals surface area (Å²) in [5, 5.41) is 0. The molecule has 0 aliphatic carbocycles. The summed E-state index contributed by atoms with van der Waals surface area (Å²) in [6.07, 6.45) is 0. The summed E-state index contributed by atoms with van der Waals surface area (Å²) in [6.45, 7) is 0. The van der Waals surface area contributed by atoms with Gasteiger partial charge < -0.3 is 4.74 Å². The lowest BCUT2D eigenvalue weighted by Gasteiger charge is -2.05. The zero-order chi connectivity index (χ0) is 10.6. The minimum absolute atomic E-state index is 0.591. The molecule has 0 heterocycles. The highest BCUT2D eigenvalue weighted by Crippen LogP contribution is 2.26. The van der Waals surface area contributed by atoms with Gasteiger partial charge in [-0.3, -0.25) is 0 Å². The van der Waals surface area contributed by atoms with Crippen LogP contribution in [0.2, 0.25) is 0 Å². The number of ether oxygens (including phenoxy) is 1. The SMILES string of the molecule is COc1ccc(/C(S)=C(\S)CS)cc1. The first-order valence-electron chi connectivity index (χ1n) is 4.05. The summed E-state index contributed by atoms with van der Waals surface area (Å²) < 4.78 is 5.06. The molecule has 1 aromatic carbocycles. The number of thiol groups is 3. The van der Waals surface area contributed by atoms with Crippen molar-refractivity contribution in [2.45, 2.75) is 0 Å². The van der Waals surface area contributed by atoms with Crippen LogP contribution in [0.5, 0.6) is 5.75 Å². The number of hydrogen-bond donors (Lipinski definition) is 3. The molecule has 1 rings (SSSR count). The fourth-order valence-electron chi connectivity index (χ4n) is 0.990. The predicted octanol–water partition coefficient (Wildman–Crippen LogP) is 3.15. The second kappa shape index (κ2) is 5.63. The van der Waals surface area contributed by atoms with Crippen LogP contribution in [0.25, 0.3) is 4.91 Å². The minimum atomic E-state index is 0.591. The average molecular weight is 244 g/mol. The first-order valence-corrected chi connectivity index (χ1v) is 5.58. The van der Waals surface area contributed by atoms with Crippen LogP contribution < -0.4 is 4.74 Å². The van der Waals surface area contributed by atoms with E-state index in [1.165, 1.54) is 0 Å². The summed E-state index contributed by atoms with van der Waals surface area (Å²) in [5.74, 6) is 1.43. The molecule has 0 amide bonds. The van der Waals surface area contributed by atoms with Crippen molar-refractivity contribution in [3.05, 3.63) is 34.7 Å². The molecule has 0 bridgehead atoms. The summed E-state index contributed by atoms with van der Waals surface area (Å²) >= 11 is 12.8. The highest BCUT2D eigenvalue weighted by molar-refractivity contribution is 7.94. The van der Waals surface area contributed by atoms with Crippen LogP contribution >= 0.6 is 37.9 Å². The Kier molecular flexibility index (Phi) is 4.78. The fraction of sp³-hybridized carbons (Fsp3) is 0.200. The smallest absolute Gasteiger partial charge is 0.118 e. The first kappa shape index (κ1) is 11.9. The van der Waals surface area contributed by atoms with E-state index in [1.807, 2.05) is 24.3 Å². The summed E-state index contributed by atoms with van der Waals surface area (Å²) in [6, 6.07) is 7.68. The maximum atomic E-state index is 5.06. The van der Waals surface area contributed by atoms with E-state index >= 15 is 0 Å². The maximum absolute atomic E-state index is 5.06. The number of benzene rings is 1. The third-order valence-electron chi connectivity index (χ3n) is 1.79. The quantitative estimate of drug-likeness (QED) is 0.692. The summed E-state index contributed by atoms with van der Waals surface area (Å²) in [4.78, 5) is 1.72. The van der Waals surface area contributed by atoms with Crippen molar-refractivity contribution in [2.24, 2.45) is 0 Å². The van der Waals surface area contributed by atoms with Crippen LogP contribution in [0, 0.1) is 0 Å². The van der Waals surface area contributed by atoms with E-state index in [2.05, 4.69) is 37.9 Å². The Morgan fingerprint density at radius 3 is 2.21 bits per heavy atom. The van der Waals surface area contributed by atoms with Crippen LogP contribution in [0.3, 0.4) is 0 Å². The van der Waals surface area contributed by atoms with Crippen molar-refractivity contribution in [3.63, 3.8) is 0 Å². The van der Waals surface area contributed by atoms with Gasteiger partial charge >= 0.3 is 0 Å². The topological polar surface area (TPSA) is 9.23 Å². The highest BCUT2D eigenvalue weighted by atomic mass is 32.1. The molecule has 14 heavy (non-hydrogen) atoms. The van der Waals surface area contributed by atoms with Gasteiger partial charge in [-0.2, -0.15) is 12.6 Å². The summed E-state index contributed by atoms with van der Waals surface area (Å²) in [5.41, 5.74) is 1.02. The van der Waals surface area contributed by atoms with Gasteiger partial charge in [-0.25, -0.2) is 0 Å². The van der Waals surface area contributed by atoms with E-state index in [-0.39, 0.29) is 0 Å². The van der Waals surface area contributed by atoms with E-state index in [0.717, 1.165) is 21.1 Å². The molecule has 1 nitrogen and oxygen atoms in total. The van der Waals surface area contributed by atoms with Crippen LogP contribution in [0.1, 0.15) is 5.56 Å². The monoisotopic (exact) mass is 244 g/mol. The lowest BCUT2D eigenvalue weighted by Crippen LogP contribution is -1.85. The predicted molar refractivity (Wildman–Crippen MR) is 71.7 cm³/mol. The van der Waals surface area contributed by atoms with Gasteiger partial charge in [0.05, 0.1) is 7.11 Å². The molecule has 1 aromatic rings. The molecule has 0 unspecified atom stereocenters. The standard InChI is InChI=1S/C10H12OS3/c1-11-8-4-2-7(3-5-8)10(14)9(13)6-12/h2-5,12-14H,6H2,1H3/b10-9+. The maximum Gasteiger partial charge on any atom is 0.118 e. The van der Waals surface area contributed by atoms with E-state index in [4.69, 9.17) is 4.74 Å². The Bertz CT molecular complexity index is 330. The molecule has 76 valence electrons. The second-order valence-electron chi connectivity index (χ2n) is 2.68. The average Bonchev–Trinajstić information content (AvgIpc) is 2.27. The van der Waals surface area contributed by atoms with E-state index in [9.17, 15) is 0 Å². The van der Waals surface area contributed by atoms with Gasteiger partial charge in [0.25, 0.3) is 0 Å². The number of rotatable bonds is 3. The number of methoxy groups -OCH3 is 1. The molecule has 0 aromatic heterocycles. The Morgan fingerprint density at radius 2 is 1.79 bits per heavy atom. The molecular weight excluding hydrogens is 232 g/mol. The Morgan fingerprint density at radius 1 is 1.21 bits per heavy atom. The molecule has 0 aliphatic heterocycles. The zero-order valence-electron chi connectivity index (χ0n) is 7.77. The van der Waals surface area contributed by atoms with Gasteiger partial charge in [0.2, 0.25) is 0 Å². The lowest BCUT2D eigenvalue weighted by atomic mass is 10.2. The Balaban J connectivity index is 2.98. The van der Waals surface area contributed by atoms with Crippen LogP contribution in [-0.4, -0.2) is 12.9 Å². The Hall–Kier alpha value is -0.190. The molecule has 0 N–H and O–H groups in total. The minimum Gasteiger partial charge on any atom is -0.497 e. The van der Waals surface area contributed by atoms with Crippen molar-refractivity contribution in [1.29, 1.82) is 0 Å². The van der Waals surface area contributed by atoms with Crippen LogP contribution in [-0.2, 0) is 0 Å². The van der Waals surface area contributed by atoms with Crippen molar-refractivity contribution in [3.8, 4) is 5.75 Å². The highest BCUT2D eigenvalue weighted by Gasteiger charge is 2.01. The first-order chi connectivity index (χ1) is 6.69. The molecule has 0 fully saturated rings. The van der Waals surface area contributed by atoms with Gasteiger partial charge in [0.15, 0.2) is 0 Å². The van der Waals surface area contributed by atoms with Crippen LogP contribution in [0.4, 0.5) is 0 Å². The van der Waals surface area contributed by atoms with E-state index in [0.29, 0.717) is 5.75 Å². The number of hydrogen-bond acceptors (Lipinski definition) is 4. The molecule has 4 heteroatoms. The molecule has 0 spiro atoms. The molecule has 0 radical (unpaired) electrons. The third-order valence-corrected chi connectivity index (χ3v) is 3.44. The van der Waals surface area contributed by atoms with Gasteiger partial charge in [-0.15, -0.1) is 25.3 Å². The molecule has 0 saturated heterocycles. The zero-order valence-corrected chi connectivity index (χ0v) is 10.4. The fourth-order valence-corrected chi connectivity index (χ4v) is 1.63. The van der Waals surface area contributed by atoms with Gasteiger partial charge in [0, 0.05) is 15.6 Å². The molecule has 0 aliphatic rings. The van der Waals surface area contributed by atoms with Gasteiger partial charge in [0.1, 0.15) is 5.75 Å². The van der Waals surface area contributed by atoms with Crippen molar-refractivity contribution >= 4 is 42.8 Å². The molecule has 0 atom stereocenters. The van der Waals surface area contributed by atoms with Crippen molar-refractivity contribution < 1.29 is 4.74 Å². The normalized spacial score (nSPS) is 12.3. The van der Waals surface area contributed by atoms with E-state index in [1.54, 1.807) is 7.11 Å². The van der Waals surface area contributed by atoms with Crippen LogP contribution in [0.15, 0.2) is 29.2 Å². The van der Waals surface area contributed by atoms with Gasteiger partial charge in [-0.1, -0.05) is 12.1 Å². The van der Waals surface area contributed by atoms with Crippen molar-refractivity contribution in [1.82, 2.24) is 0 Å². The lowest BCUT2D eigenvalue weighted by molar-refractivity contribution is 0.415. The largest absolute Gasteiger partial charge is 0.497 e. The second-order valence-corrected chi connectivity index (χ2v) is 3.99. The Labute approximate surface area is 101 Å². The molecular formula is C10H12OS3. The third kappa shape index (κ3) is 2.90. The summed E-state index contributed by atoms with van der Waals surface area (Å²) in [7, 11) is 1.64. The molecule has 0 saturated carbocycles. The van der Waals surface area contributed by atoms with E-state index < -0.39 is 0 Å². The van der Waals surface area contributed by atoms with Crippen molar-refractivity contribution in [2.75, 3.05) is 12.9 Å². The van der Waals surface area contributed by atoms with Gasteiger partial charge in [-0.05, 0) is 17.7 Å².